The maximum Gasteiger partial charge on any atom is 0.267 e. The number of carbonyl (C=O) groups excluding carboxylic acids is 1. The minimum Gasteiger partial charge on any atom is -0.397 e. The van der Waals surface area contributed by atoms with Crippen LogP contribution in [-0.2, 0) is 0 Å². The molecule has 0 radical (unpaired) electrons. The van der Waals surface area contributed by atoms with Crippen molar-refractivity contribution in [3.8, 4) is 22.4 Å². The molecule has 5 heteroatoms. The summed E-state index contributed by atoms with van der Waals surface area (Å²) in [6.07, 6.45) is 0. The van der Waals surface area contributed by atoms with Crippen LogP contribution in [0.2, 0.25) is 0 Å². The Bertz CT molecular complexity index is 1470. The lowest BCUT2D eigenvalue weighted by atomic mass is 9.98. The van der Waals surface area contributed by atoms with Crippen LogP contribution in [0.5, 0.6) is 0 Å². The predicted octanol–water partition coefficient (Wildman–Crippen LogP) is 7.08. The van der Waals surface area contributed by atoms with E-state index in [0.717, 1.165) is 43.9 Å². The molecule has 0 aliphatic carbocycles. The normalized spacial score (nSPS) is 11.0. The number of aryl methyl sites for hydroxylation is 2. The molecule has 0 aliphatic heterocycles. The Morgan fingerprint density at radius 3 is 2.30 bits per heavy atom. The lowest BCUT2D eigenvalue weighted by molar-refractivity contribution is 0.103. The largest absolute Gasteiger partial charge is 0.397 e. The quantitative estimate of drug-likeness (QED) is 0.308. The minimum absolute atomic E-state index is 0.221. The van der Waals surface area contributed by atoms with Gasteiger partial charge in [0.25, 0.3) is 5.91 Å². The summed E-state index contributed by atoms with van der Waals surface area (Å²) in [5, 5.41) is 3.82. The molecule has 0 fully saturated rings. The number of anilines is 2. The van der Waals surface area contributed by atoms with Gasteiger partial charge in [-0.3, -0.25) is 4.79 Å². The third-order valence-electron chi connectivity index (χ3n) is 5.73. The number of hydrogen-bond acceptors (Lipinski definition) is 4. The Balaban J connectivity index is 1.68. The number of rotatable bonds is 4. The molecular weight excluding hydrogens is 426 g/mol. The Morgan fingerprint density at radius 1 is 0.879 bits per heavy atom. The number of hydrogen-bond donors (Lipinski definition) is 2. The first-order chi connectivity index (χ1) is 16.0. The van der Waals surface area contributed by atoms with Crippen LogP contribution in [0.3, 0.4) is 0 Å². The van der Waals surface area contributed by atoms with Crippen molar-refractivity contribution in [3.05, 3.63) is 101 Å². The number of nitrogens with one attached hydrogen (secondary N) is 1. The zero-order chi connectivity index (χ0) is 22.9. The zero-order valence-electron chi connectivity index (χ0n) is 18.4. The van der Waals surface area contributed by atoms with E-state index in [9.17, 15) is 4.79 Å². The van der Waals surface area contributed by atoms with Gasteiger partial charge < -0.3 is 11.1 Å². The molecule has 0 atom stereocenters. The second-order valence-electron chi connectivity index (χ2n) is 8.08. The van der Waals surface area contributed by atoms with Crippen molar-refractivity contribution in [2.24, 2.45) is 0 Å². The molecule has 0 saturated carbocycles. The average molecular weight is 450 g/mol. The van der Waals surface area contributed by atoms with Gasteiger partial charge in [-0.1, -0.05) is 78.4 Å². The fourth-order valence-electron chi connectivity index (χ4n) is 3.90. The molecule has 3 N–H and O–H groups in total. The van der Waals surface area contributed by atoms with E-state index in [1.54, 1.807) is 0 Å². The fourth-order valence-corrected chi connectivity index (χ4v) is 4.91. The second kappa shape index (κ2) is 8.52. The Hall–Kier alpha value is -3.96. The smallest absolute Gasteiger partial charge is 0.267 e. The van der Waals surface area contributed by atoms with Crippen molar-refractivity contribution < 1.29 is 4.79 Å². The van der Waals surface area contributed by atoms with Gasteiger partial charge in [-0.2, -0.15) is 0 Å². The summed E-state index contributed by atoms with van der Waals surface area (Å²) >= 11 is 1.33. The van der Waals surface area contributed by atoms with Crippen LogP contribution in [0.15, 0.2) is 84.9 Å². The summed E-state index contributed by atoms with van der Waals surface area (Å²) < 4.78 is 0. The van der Waals surface area contributed by atoms with Crippen LogP contribution in [-0.4, -0.2) is 10.9 Å². The maximum absolute atomic E-state index is 13.2. The van der Waals surface area contributed by atoms with Crippen LogP contribution >= 0.6 is 11.3 Å². The number of thiophene rings is 1. The van der Waals surface area contributed by atoms with E-state index >= 15 is 0 Å². The molecule has 0 aliphatic rings. The molecule has 5 rings (SSSR count). The lowest BCUT2D eigenvalue weighted by Gasteiger charge is -2.09. The number of amides is 1. The van der Waals surface area contributed by atoms with Gasteiger partial charge in [-0.25, -0.2) is 4.98 Å². The number of benzene rings is 3. The molecule has 5 aromatic rings. The Morgan fingerprint density at radius 2 is 1.58 bits per heavy atom. The van der Waals surface area contributed by atoms with Crippen LogP contribution < -0.4 is 11.1 Å². The van der Waals surface area contributed by atoms with Crippen molar-refractivity contribution in [3.63, 3.8) is 0 Å². The third kappa shape index (κ3) is 3.99. The molecule has 162 valence electrons. The average Bonchev–Trinajstić information content (AvgIpc) is 3.17. The summed E-state index contributed by atoms with van der Waals surface area (Å²) in [6.45, 7) is 4.03. The first-order valence-corrected chi connectivity index (χ1v) is 11.6. The molecular formula is C28H23N3OS. The van der Waals surface area contributed by atoms with Crippen molar-refractivity contribution in [2.45, 2.75) is 13.8 Å². The number of pyridine rings is 1. The highest BCUT2D eigenvalue weighted by Crippen LogP contribution is 2.41. The van der Waals surface area contributed by atoms with Crippen molar-refractivity contribution >= 4 is 38.8 Å². The fraction of sp³-hybridized carbons (Fsp3) is 0.0714. The maximum atomic E-state index is 13.2. The first-order valence-electron chi connectivity index (χ1n) is 10.7. The third-order valence-corrected chi connectivity index (χ3v) is 6.83. The summed E-state index contributed by atoms with van der Waals surface area (Å²) in [5.41, 5.74) is 13.9. The van der Waals surface area contributed by atoms with Gasteiger partial charge in [0.2, 0.25) is 0 Å². The highest BCUT2D eigenvalue weighted by atomic mass is 32.1. The van der Waals surface area contributed by atoms with Crippen molar-refractivity contribution in [1.29, 1.82) is 0 Å². The van der Waals surface area contributed by atoms with Crippen LogP contribution in [0, 0.1) is 13.8 Å². The number of nitrogens with two attached hydrogens (primary N) is 1. The van der Waals surface area contributed by atoms with E-state index in [2.05, 4.69) is 42.6 Å². The standard InChI is InChI=1S/C28H23N3OS/c1-17-12-14-19(15-13-17)21-16-23(20-9-4-3-5-10-20)31-28-24(21)25(29)26(33-28)27(32)30-22-11-7-6-8-18(22)2/h3-16H,29H2,1-2H3,(H,30,32). The Kier molecular flexibility index (Phi) is 5.40. The van der Waals surface area contributed by atoms with Gasteiger partial charge in [-0.05, 0) is 42.7 Å². The van der Waals surface area contributed by atoms with Crippen LogP contribution in [0.25, 0.3) is 32.6 Å². The molecule has 33 heavy (non-hydrogen) atoms. The molecule has 1 amide bonds. The van der Waals surface area contributed by atoms with Crippen molar-refractivity contribution in [1.82, 2.24) is 4.98 Å². The van der Waals surface area contributed by atoms with E-state index in [-0.39, 0.29) is 5.91 Å². The highest BCUT2D eigenvalue weighted by Gasteiger charge is 2.22. The SMILES string of the molecule is Cc1ccc(-c2cc(-c3ccccc3)nc3sc(C(=O)Nc4ccccc4C)c(N)c23)cc1. The molecule has 0 bridgehead atoms. The number of carbonyl (C=O) groups is 1. The number of fused-ring (bicyclic) bond motifs is 1. The molecule has 0 saturated heterocycles. The molecule has 2 heterocycles. The number of nitrogens with zero attached hydrogens (tertiary/aromatic N) is 1. The van der Waals surface area contributed by atoms with Crippen molar-refractivity contribution in [2.75, 3.05) is 11.1 Å². The Labute approximate surface area is 196 Å². The highest BCUT2D eigenvalue weighted by molar-refractivity contribution is 7.21. The molecule has 3 aromatic carbocycles. The second-order valence-corrected chi connectivity index (χ2v) is 9.08. The molecule has 2 aromatic heterocycles. The predicted molar refractivity (Wildman–Crippen MR) is 139 cm³/mol. The first kappa shape index (κ1) is 20.9. The topological polar surface area (TPSA) is 68.0 Å². The number of aromatic nitrogens is 1. The van der Waals surface area contributed by atoms with Gasteiger partial charge in [0.1, 0.15) is 9.71 Å². The lowest BCUT2D eigenvalue weighted by Crippen LogP contribution is -2.12. The van der Waals surface area contributed by atoms with E-state index in [4.69, 9.17) is 10.7 Å². The van der Waals surface area contributed by atoms with Crippen LogP contribution in [0.1, 0.15) is 20.8 Å². The number of nitrogen functional groups attached to an aromatic ring is 1. The monoisotopic (exact) mass is 449 g/mol. The zero-order valence-corrected chi connectivity index (χ0v) is 19.2. The minimum atomic E-state index is -0.221. The summed E-state index contributed by atoms with van der Waals surface area (Å²) in [6, 6.07) is 28.2. The molecule has 0 unspecified atom stereocenters. The van der Waals surface area contributed by atoms with E-state index in [0.29, 0.717) is 10.6 Å². The van der Waals surface area contributed by atoms with E-state index < -0.39 is 0 Å². The van der Waals surface area contributed by atoms with E-state index in [1.165, 1.54) is 16.9 Å². The summed E-state index contributed by atoms with van der Waals surface area (Å²) in [4.78, 5) is 19.3. The number of para-hydroxylation sites is 1. The van der Waals surface area contributed by atoms with Gasteiger partial charge in [-0.15, -0.1) is 11.3 Å². The van der Waals surface area contributed by atoms with Gasteiger partial charge in [0, 0.05) is 16.6 Å². The summed E-state index contributed by atoms with van der Waals surface area (Å²) in [7, 11) is 0. The van der Waals surface area contributed by atoms with E-state index in [1.807, 2.05) is 61.5 Å². The summed E-state index contributed by atoms with van der Waals surface area (Å²) in [5.74, 6) is -0.221. The van der Waals surface area contributed by atoms with Crippen LogP contribution in [0.4, 0.5) is 11.4 Å². The van der Waals surface area contributed by atoms with Gasteiger partial charge >= 0.3 is 0 Å². The van der Waals surface area contributed by atoms with Gasteiger partial charge in [0.05, 0.1) is 11.4 Å². The van der Waals surface area contributed by atoms with Gasteiger partial charge in [0.15, 0.2) is 0 Å². The molecule has 0 spiro atoms. The molecule has 4 nitrogen and oxygen atoms in total.